The number of halogens is 1. The fraction of sp³-hybridized carbons (Fsp3) is 0.400. The van der Waals surface area contributed by atoms with Crippen LogP contribution in [-0.2, 0) is 6.54 Å². The van der Waals surface area contributed by atoms with Crippen molar-refractivity contribution >= 4 is 15.9 Å². The van der Waals surface area contributed by atoms with Gasteiger partial charge in [0, 0.05) is 23.1 Å². The lowest BCUT2D eigenvalue weighted by atomic mass is 10.2. The molecule has 2 rings (SSSR count). The van der Waals surface area contributed by atoms with Gasteiger partial charge in [-0.15, -0.1) is 0 Å². The molecule has 1 N–H and O–H groups in total. The number of benzene rings is 1. The van der Waals surface area contributed by atoms with Crippen LogP contribution >= 0.6 is 15.9 Å². The summed E-state index contributed by atoms with van der Waals surface area (Å²) in [6.07, 6.45) is 0.246. The lowest BCUT2D eigenvalue weighted by Crippen LogP contribution is -2.24. The van der Waals surface area contributed by atoms with Crippen LogP contribution in [0.2, 0.25) is 0 Å². The third kappa shape index (κ3) is 2.03. The van der Waals surface area contributed by atoms with Gasteiger partial charge in [-0.25, -0.2) is 0 Å². The Hall–Kier alpha value is -0.540. The van der Waals surface area contributed by atoms with Crippen molar-refractivity contribution in [2.45, 2.75) is 19.6 Å². The standard InChI is InChI=1S/C10H12BrNO/c1-7-5-12-6-8-2-3-9(11)4-10(8)13-7/h2-4,7,12H,5-6H2,1H3. The van der Waals surface area contributed by atoms with Gasteiger partial charge < -0.3 is 10.1 Å². The second-order valence-corrected chi connectivity index (χ2v) is 4.23. The molecule has 13 heavy (non-hydrogen) atoms. The normalized spacial score (nSPS) is 21.5. The maximum Gasteiger partial charge on any atom is 0.125 e. The Balaban J connectivity index is 2.35. The van der Waals surface area contributed by atoms with Crippen LogP contribution in [0.3, 0.4) is 0 Å². The first-order valence-corrected chi connectivity index (χ1v) is 5.21. The SMILES string of the molecule is CC1CNCc2ccc(Br)cc2O1. The first-order chi connectivity index (χ1) is 6.25. The summed E-state index contributed by atoms with van der Waals surface area (Å²) in [6.45, 7) is 3.88. The van der Waals surface area contributed by atoms with Crippen molar-refractivity contribution in [2.75, 3.05) is 6.54 Å². The van der Waals surface area contributed by atoms with Crippen LogP contribution in [0, 0.1) is 0 Å². The zero-order valence-corrected chi connectivity index (χ0v) is 9.10. The average Bonchev–Trinajstić information content (AvgIpc) is 2.25. The third-order valence-corrected chi connectivity index (χ3v) is 2.60. The van der Waals surface area contributed by atoms with E-state index in [1.54, 1.807) is 0 Å². The fourth-order valence-electron chi connectivity index (χ4n) is 1.45. The summed E-state index contributed by atoms with van der Waals surface area (Å²) in [7, 11) is 0. The highest BCUT2D eigenvalue weighted by Gasteiger charge is 2.12. The van der Waals surface area contributed by atoms with Gasteiger partial charge >= 0.3 is 0 Å². The van der Waals surface area contributed by atoms with E-state index in [1.165, 1.54) is 5.56 Å². The minimum absolute atomic E-state index is 0.246. The van der Waals surface area contributed by atoms with Crippen LogP contribution in [0.5, 0.6) is 5.75 Å². The summed E-state index contributed by atoms with van der Waals surface area (Å²) < 4.78 is 6.81. The smallest absolute Gasteiger partial charge is 0.125 e. The molecule has 1 aliphatic rings. The predicted octanol–water partition coefficient (Wildman–Crippen LogP) is 2.32. The molecule has 0 fully saturated rings. The van der Waals surface area contributed by atoms with Crippen molar-refractivity contribution in [3.8, 4) is 5.75 Å². The van der Waals surface area contributed by atoms with Crippen LogP contribution in [-0.4, -0.2) is 12.6 Å². The van der Waals surface area contributed by atoms with E-state index in [1.807, 2.05) is 12.1 Å². The molecule has 1 heterocycles. The number of hydrogen-bond acceptors (Lipinski definition) is 2. The zero-order valence-electron chi connectivity index (χ0n) is 7.51. The number of nitrogens with one attached hydrogen (secondary N) is 1. The van der Waals surface area contributed by atoms with E-state index in [0.29, 0.717) is 0 Å². The molecule has 0 spiro atoms. The van der Waals surface area contributed by atoms with Crippen molar-refractivity contribution < 1.29 is 4.74 Å². The van der Waals surface area contributed by atoms with Crippen molar-refractivity contribution in [1.82, 2.24) is 5.32 Å². The Morgan fingerprint density at radius 3 is 3.23 bits per heavy atom. The summed E-state index contributed by atoms with van der Waals surface area (Å²) in [5.41, 5.74) is 1.23. The Bertz CT molecular complexity index is 314. The van der Waals surface area contributed by atoms with E-state index in [4.69, 9.17) is 4.74 Å². The molecule has 0 radical (unpaired) electrons. The number of rotatable bonds is 0. The van der Waals surface area contributed by atoms with Gasteiger partial charge in [0.2, 0.25) is 0 Å². The summed E-state index contributed by atoms with van der Waals surface area (Å²) in [5.74, 6) is 0.992. The van der Waals surface area contributed by atoms with Gasteiger partial charge in [0.05, 0.1) is 0 Å². The minimum Gasteiger partial charge on any atom is -0.489 e. The zero-order chi connectivity index (χ0) is 9.26. The van der Waals surface area contributed by atoms with E-state index < -0.39 is 0 Å². The first kappa shape index (κ1) is 9.03. The van der Waals surface area contributed by atoms with Crippen molar-refractivity contribution in [3.05, 3.63) is 28.2 Å². The molecule has 0 bridgehead atoms. The largest absolute Gasteiger partial charge is 0.489 e. The Labute approximate surface area is 86.4 Å². The van der Waals surface area contributed by atoms with Gasteiger partial charge in [-0.2, -0.15) is 0 Å². The quantitative estimate of drug-likeness (QED) is 0.753. The Morgan fingerprint density at radius 1 is 1.54 bits per heavy atom. The van der Waals surface area contributed by atoms with Crippen molar-refractivity contribution in [2.24, 2.45) is 0 Å². The second-order valence-electron chi connectivity index (χ2n) is 3.31. The monoisotopic (exact) mass is 241 g/mol. The predicted molar refractivity (Wildman–Crippen MR) is 55.9 cm³/mol. The Kier molecular flexibility index (Phi) is 2.56. The first-order valence-electron chi connectivity index (χ1n) is 4.41. The summed E-state index contributed by atoms with van der Waals surface area (Å²) in [4.78, 5) is 0. The fourth-order valence-corrected chi connectivity index (χ4v) is 1.79. The van der Waals surface area contributed by atoms with Gasteiger partial charge in [0.1, 0.15) is 11.9 Å². The highest BCUT2D eigenvalue weighted by Crippen LogP contribution is 2.25. The molecule has 0 aromatic heterocycles. The van der Waals surface area contributed by atoms with E-state index in [9.17, 15) is 0 Å². The number of hydrogen-bond donors (Lipinski definition) is 1. The molecule has 3 heteroatoms. The van der Waals surface area contributed by atoms with E-state index in [0.717, 1.165) is 23.3 Å². The second kappa shape index (κ2) is 3.68. The third-order valence-electron chi connectivity index (χ3n) is 2.10. The van der Waals surface area contributed by atoms with Gasteiger partial charge in [-0.3, -0.25) is 0 Å². The molecule has 1 aromatic carbocycles. The number of fused-ring (bicyclic) bond motifs is 1. The molecular formula is C10H12BrNO. The highest BCUT2D eigenvalue weighted by atomic mass is 79.9. The molecule has 1 unspecified atom stereocenters. The average molecular weight is 242 g/mol. The van der Waals surface area contributed by atoms with Crippen LogP contribution in [0.25, 0.3) is 0 Å². The lowest BCUT2D eigenvalue weighted by Gasteiger charge is -2.11. The summed E-state index contributed by atoms with van der Waals surface area (Å²) >= 11 is 3.44. The van der Waals surface area contributed by atoms with Gasteiger partial charge in [0.15, 0.2) is 0 Å². The van der Waals surface area contributed by atoms with E-state index >= 15 is 0 Å². The topological polar surface area (TPSA) is 21.3 Å². The molecule has 1 aliphatic heterocycles. The van der Waals surface area contributed by atoms with Gasteiger partial charge in [-0.1, -0.05) is 22.0 Å². The van der Waals surface area contributed by atoms with E-state index in [-0.39, 0.29) is 6.10 Å². The molecule has 0 saturated carbocycles. The molecule has 70 valence electrons. The van der Waals surface area contributed by atoms with Crippen LogP contribution in [0.1, 0.15) is 12.5 Å². The summed E-state index contributed by atoms with van der Waals surface area (Å²) in [6, 6.07) is 6.16. The molecule has 0 saturated heterocycles. The molecular weight excluding hydrogens is 230 g/mol. The minimum atomic E-state index is 0.246. The van der Waals surface area contributed by atoms with Crippen molar-refractivity contribution in [1.29, 1.82) is 0 Å². The maximum atomic E-state index is 5.75. The van der Waals surface area contributed by atoms with Crippen LogP contribution < -0.4 is 10.1 Å². The molecule has 0 amide bonds. The lowest BCUT2D eigenvalue weighted by molar-refractivity contribution is 0.226. The van der Waals surface area contributed by atoms with Gasteiger partial charge in [0.25, 0.3) is 0 Å². The molecule has 0 aliphatic carbocycles. The summed E-state index contributed by atoms with van der Waals surface area (Å²) in [5, 5.41) is 3.33. The molecule has 1 aromatic rings. The van der Waals surface area contributed by atoms with Gasteiger partial charge in [-0.05, 0) is 19.1 Å². The highest BCUT2D eigenvalue weighted by molar-refractivity contribution is 9.10. The number of ether oxygens (including phenoxy) is 1. The van der Waals surface area contributed by atoms with E-state index in [2.05, 4.69) is 34.2 Å². The Morgan fingerprint density at radius 2 is 2.38 bits per heavy atom. The van der Waals surface area contributed by atoms with Crippen LogP contribution in [0.4, 0.5) is 0 Å². The molecule has 1 atom stereocenters. The molecule has 2 nitrogen and oxygen atoms in total. The van der Waals surface area contributed by atoms with Crippen molar-refractivity contribution in [3.63, 3.8) is 0 Å². The van der Waals surface area contributed by atoms with Crippen LogP contribution in [0.15, 0.2) is 22.7 Å². The maximum absolute atomic E-state index is 5.75.